The highest BCUT2D eigenvalue weighted by atomic mass is 16.6. The van der Waals surface area contributed by atoms with Crippen molar-refractivity contribution in [2.75, 3.05) is 26.2 Å². The Hall–Kier alpha value is -2.22. The van der Waals surface area contributed by atoms with Crippen LogP contribution < -0.4 is 5.56 Å². The molecular weight excluding hydrogens is 382 g/mol. The van der Waals surface area contributed by atoms with Gasteiger partial charge in [0.15, 0.2) is 5.82 Å². The number of aromatic amines is 1. The van der Waals surface area contributed by atoms with E-state index in [9.17, 15) is 9.59 Å². The number of amides is 1. The summed E-state index contributed by atoms with van der Waals surface area (Å²) in [6, 6.07) is 0.129. The molecule has 0 saturated carbocycles. The monoisotopic (exact) mass is 415 g/mol. The molecule has 1 unspecified atom stereocenters. The number of nitrogens with zero attached hydrogens (tertiary/aromatic N) is 4. The molecule has 1 saturated heterocycles. The zero-order valence-electron chi connectivity index (χ0n) is 18.4. The van der Waals surface area contributed by atoms with Crippen molar-refractivity contribution in [3.63, 3.8) is 0 Å². The van der Waals surface area contributed by atoms with Crippen LogP contribution in [0.25, 0.3) is 0 Å². The van der Waals surface area contributed by atoms with E-state index in [4.69, 9.17) is 9.72 Å². The molecule has 0 radical (unpaired) electrons. The number of H-pyrrole nitrogens is 1. The van der Waals surface area contributed by atoms with E-state index in [1.165, 1.54) is 0 Å². The minimum atomic E-state index is -0.492. The van der Waals surface area contributed by atoms with Gasteiger partial charge in [0.2, 0.25) is 0 Å². The molecular formula is C22H33N5O3. The number of nitrogens with one attached hydrogen (secondary N) is 1. The van der Waals surface area contributed by atoms with Gasteiger partial charge in [0.25, 0.3) is 5.56 Å². The Kier molecular flexibility index (Phi) is 5.95. The van der Waals surface area contributed by atoms with Gasteiger partial charge >= 0.3 is 6.09 Å². The second-order valence-electron chi connectivity index (χ2n) is 9.58. The predicted octanol–water partition coefficient (Wildman–Crippen LogP) is 2.50. The number of carbonyl (C=O) groups is 1. The minimum absolute atomic E-state index is 0.0524. The van der Waals surface area contributed by atoms with Gasteiger partial charge in [0.1, 0.15) is 5.60 Å². The first kappa shape index (κ1) is 21.0. The highest BCUT2D eigenvalue weighted by Crippen LogP contribution is 2.24. The first-order chi connectivity index (χ1) is 14.3. The molecule has 0 spiro atoms. The lowest BCUT2D eigenvalue weighted by Gasteiger charge is -2.34. The predicted molar refractivity (Wildman–Crippen MR) is 115 cm³/mol. The second kappa shape index (κ2) is 8.49. The summed E-state index contributed by atoms with van der Waals surface area (Å²) in [7, 11) is 0. The number of aromatic nitrogens is 2. The molecule has 30 heavy (non-hydrogen) atoms. The molecule has 0 aliphatic carbocycles. The largest absolute Gasteiger partial charge is 0.444 e. The molecule has 4 heterocycles. The van der Waals surface area contributed by atoms with E-state index < -0.39 is 5.60 Å². The molecule has 8 nitrogen and oxygen atoms in total. The fourth-order valence-corrected chi connectivity index (χ4v) is 4.55. The summed E-state index contributed by atoms with van der Waals surface area (Å²) >= 11 is 0. The lowest BCUT2D eigenvalue weighted by Crippen LogP contribution is -2.47. The molecule has 0 aromatic carbocycles. The van der Waals surface area contributed by atoms with Crippen molar-refractivity contribution in [3.05, 3.63) is 27.4 Å². The minimum Gasteiger partial charge on any atom is -0.444 e. The quantitative estimate of drug-likeness (QED) is 0.819. The first-order valence-electron chi connectivity index (χ1n) is 11.2. The Bertz CT molecular complexity index is 886. The Morgan fingerprint density at radius 3 is 2.77 bits per heavy atom. The van der Waals surface area contributed by atoms with E-state index in [0.717, 1.165) is 81.7 Å². The molecule has 1 amide bonds. The SMILES string of the molecule is CC(C)(C)OC(=O)N1CCCC1CN1CCc2nc(C3=NCCCC3)[nH]c(=O)c2C1. The van der Waals surface area contributed by atoms with Gasteiger partial charge in [-0.15, -0.1) is 0 Å². The molecule has 1 aromatic heterocycles. The Balaban J connectivity index is 1.44. The van der Waals surface area contributed by atoms with Crippen molar-refractivity contribution in [2.45, 2.75) is 77.5 Å². The molecule has 1 fully saturated rings. The Morgan fingerprint density at radius 1 is 1.20 bits per heavy atom. The maximum Gasteiger partial charge on any atom is 0.410 e. The molecule has 3 aliphatic rings. The van der Waals surface area contributed by atoms with E-state index in [1.54, 1.807) is 0 Å². The van der Waals surface area contributed by atoms with Gasteiger partial charge in [-0.05, 0) is 52.9 Å². The van der Waals surface area contributed by atoms with Crippen molar-refractivity contribution >= 4 is 11.8 Å². The summed E-state index contributed by atoms with van der Waals surface area (Å²) in [4.78, 5) is 41.7. The molecule has 0 bridgehead atoms. The number of aliphatic imine (C=N–C) groups is 1. The van der Waals surface area contributed by atoms with Crippen LogP contribution in [0.3, 0.4) is 0 Å². The zero-order chi connectivity index (χ0) is 21.3. The molecule has 4 rings (SSSR count). The summed E-state index contributed by atoms with van der Waals surface area (Å²) in [6.07, 6.45) is 5.56. The van der Waals surface area contributed by atoms with Gasteiger partial charge in [-0.1, -0.05) is 0 Å². The number of hydrogen-bond acceptors (Lipinski definition) is 6. The van der Waals surface area contributed by atoms with Crippen LogP contribution in [0.5, 0.6) is 0 Å². The van der Waals surface area contributed by atoms with E-state index in [-0.39, 0.29) is 17.7 Å². The van der Waals surface area contributed by atoms with Crippen LogP contribution >= 0.6 is 0 Å². The molecule has 1 aromatic rings. The zero-order valence-corrected chi connectivity index (χ0v) is 18.4. The maximum atomic E-state index is 12.8. The van der Waals surface area contributed by atoms with Gasteiger partial charge in [-0.3, -0.25) is 14.7 Å². The number of ether oxygens (including phenoxy) is 1. The van der Waals surface area contributed by atoms with Crippen molar-refractivity contribution in [1.29, 1.82) is 0 Å². The van der Waals surface area contributed by atoms with Crippen molar-refractivity contribution in [1.82, 2.24) is 19.8 Å². The summed E-state index contributed by atoms with van der Waals surface area (Å²) in [5, 5.41) is 0. The van der Waals surface area contributed by atoms with Gasteiger partial charge in [-0.25, -0.2) is 9.78 Å². The summed E-state index contributed by atoms with van der Waals surface area (Å²) in [6.45, 7) is 9.40. The van der Waals surface area contributed by atoms with Gasteiger partial charge in [-0.2, -0.15) is 0 Å². The average Bonchev–Trinajstić information content (AvgIpc) is 3.16. The highest BCUT2D eigenvalue weighted by molar-refractivity contribution is 5.97. The standard InChI is InChI=1S/C22H33N5O3/c1-22(2,3)30-21(29)27-11-6-7-15(27)13-26-12-9-17-16(14-26)20(28)25-19(24-17)18-8-4-5-10-23-18/h15H,4-14H2,1-3H3,(H,24,25,28). The fraction of sp³-hybridized carbons (Fsp3) is 0.727. The van der Waals surface area contributed by atoms with E-state index in [1.807, 2.05) is 25.7 Å². The normalized spacial score (nSPS) is 22.6. The third-order valence-electron chi connectivity index (χ3n) is 6.02. The van der Waals surface area contributed by atoms with Crippen molar-refractivity contribution in [3.8, 4) is 0 Å². The first-order valence-corrected chi connectivity index (χ1v) is 11.2. The molecule has 8 heteroatoms. The second-order valence-corrected chi connectivity index (χ2v) is 9.58. The summed E-state index contributed by atoms with van der Waals surface area (Å²) in [5.74, 6) is 0.652. The molecule has 3 aliphatic heterocycles. The van der Waals surface area contributed by atoms with Gasteiger partial charge in [0, 0.05) is 45.2 Å². The third kappa shape index (κ3) is 4.74. The van der Waals surface area contributed by atoms with Crippen LogP contribution in [0.4, 0.5) is 4.79 Å². The topological polar surface area (TPSA) is 90.9 Å². The van der Waals surface area contributed by atoms with Crippen LogP contribution in [-0.4, -0.2) is 69.4 Å². The Labute approximate surface area is 177 Å². The molecule has 1 N–H and O–H groups in total. The summed E-state index contributed by atoms with van der Waals surface area (Å²) in [5.41, 5.74) is 2.04. The number of carbonyl (C=O) groups excluding carboxylic acids is 1. The lowest BCUT2D eigenvalue weighted by molar-refractivity contribution is 0.0192. The number of likely N-dealkylation sites (tertiary alicyclic amines) is 1. The molecule has 164 valence electrons. The van der Waals surface area contributed by atoms with Gasteiger partial charge in [0.05, 0.1) is 17.0 Å². The van der Waals surface area contributed by atoms with Crippen LogP contribution in [-0.2, 0) is 17.7 Å². The average molecular weight is 416 g/mol. The van der Waals surface area contributed by atoms with Crippen LogP contribution in [0, 0.1) is 0 Å². The number of rotatable bonds is 3. The van der Waals surface area contributed by atoms with Crippen molar-refractivity contribution < 1.29 is 9.53 Å². The van der Waals surface area contributed by atoms with E-state index >= 15 is 0 Å². The van der Waals surface area contributed by atoms with Crippen LogP contribution in [0.2, 0.25) is 0 Å². The Morgan fingerprint density at radius 2 is 2.03 bits per heavy atom. The lowest BCUT2D eigenvalue weighted by atomic mass is 10.0. The highest BCUT2D eigenvalue weighted by Gasteiger charge is 2.34. The van der Waals surface area contributed by atoms with E-state index in [2.05, 4.69) is 14.9 Å². The fourth-order valence-electron chi connectivity index (χ4n) is 4.55. The smallest absolute Gasteiger partial charge is 0.410 e. The third-order valence-corrected chi connectivity index (χ3v) is 6.02. The summed E-state index contributed by atoms with van der Waals surface area (Å²) < 4.78 is 5.58. The van der Waals surface area contributed by atoms with Crippen molar-refractivity contribution in [2.24, 2.45) is 4.99 Å². The van der Waals surface area contributed by atoms with Gasteiger partial charge < -0.3 is 14.6 Å². The molecule has 1 atom stereocenters. The number of hydrogen-bond donors (Lipinski definition) is 1. The van der Waals surface area contributed by atoms with E-state index in [0.29, 0.717) is 12.4 Å². The van der Waals surface area contributed by atoms with Crippen LogP contribution in [0.15, 0.2) is 9.79 Å². The van der Waals surface area contributed by atoms with Crippen LogP contribution in [0.1, 0.15) is 70.0 Å². The number of fused-ring (bicyclic) bond motifs is 1. The maximum absolute atomic E-state index is 12.8.